The Morgan fingerprint density at radius 2 is 2.15 bits per heavy atom. The van der Waals surface area contributed by atoms with E-state index in [0.29, 0.717) is 5.69 Å². The highest BCUT2D eigenvalue weighted by Crippen LogP contribution is 2.26. The topological polar surface area (TPSA) is 99.3 Å². The van der Waals surface area contributed by atoms with E-state index >= 15 is 0 Å². The highest BCUT2D eigenvalue weighted by Gasteiger charge is 2.21. The molecule has 0 amide bonds. The van der Waals surface area contributed by atoms with Crippen LogP contribution in [0.3, 0.4) is 0 Å². The van der Waals surface area contributed by atoms with Crippen molar-refractivity contribution in [2.24, 2.45) is 0 Å². The minimum atomic E-state index is -3.76. The average molecular weight is 314 g/mol. The first-order chi connectivity index (χ1) is 9.33. The Labute approximate surface area is 120 Å². The van der Waals surface area contributed by atoms with Gasteiger partial charge in [0.25, 0.3) is 10.0 Å². The van der Waals surface area contributed by atoms with Crippen molar-refractivity contribution in [1.29, 1.82) is 0 Å². The van der Waals surface area contributed by atoms with E-state index in [-0.39, 0.29) is 15.6 Å². The first-order valence-corrected chi connectivity index (χ1v) is 8.18. The highest BCUT2D eigenvalue weighted by molar-refractivity contribution is 7.94. The van der Waals surface area contributed by atoms with Crippen molar-refractivity contribution in [3.8, 4) is 0 Å². The minimum Gasteiger partial charge on any atom is -0.477 e. The van der Waals surface area contributed by atoms with Gasteiger partial charge in [0, 0.05) is 10.6 Å². The zero-order valence-corrected chi connectivity index (χ0v) is 12.6. The number of carbonyl (C=O) groups is 1. The van der Waals surface area contributed by atoms with Crippen LogP contribution in [-0.4, -0.2) is 24.5 Å². The SMILES string of the molecule is CCc1ccc(S(=O)(=O)Nc2cc(C)[nH]c2C(=O)O)s1. The molecule has 20 heavy (non-hydrogen) atoms. The summed E-state index contributed by atoms with van der Waals surface area (Å²) >= 11 is 1.17. The Morgan fingerprint density at radius 3 is 2.70 bits per heavy atom. The van der Waals surface area contributed by atoms with Gasteiger partial charge in [0.05, 0.1) is 5.69 Å². The molecule has 0 aliphatic carbocycles. The molecular weight excluding hydrogens is 300 g/mol. The molecule has 2 aromatic rings. The fourth-order valence-electron chi connectivity index (χ4n) is 1.73. The number of H-pyrrole nitrogens is 1. The van der Waals surface area contributed by atoms with E-state index in [4.69, 9.17) is 5.11 Å². The van der Waals surface area contributed by atoms with Crippen molar-refractivity contribution in [3.63, 3.8) is 0 Å². The summed E-state index contributed by atoms with van der Waals surface area (Å²) in [6, 6.07) is 4.72. The normalized spacial score (nSPS) is 11.5. The third-order valence-electron chi connectivity index (χ3n) is 2.66. The summed E-state index contributed by atoms with van der Waals surface area (Å²) < 4.78 is 26.9. The van der Waals surface area contributed by atoms with Gasteiger partial charge in [0.1, 0.15) is 9.90 Å². The number of hydrogen-bond donors (Lipinski definition) is 3. The molecule has 2 heterocycles. The van der Waals surface area contributed by atoms with E-state index in [1.54, 1.807) is 13.0 Å². The molecular formula is C12H14N2O4S2. The van der Waals surface area contributed by atoms with Crippen LogP contribution in [0, 0.1) is 6.92 Å². The number of hydrogen-bond acceptors (Lipinski definition) is 4. The lowest BCUT2D eigenvalue weighted by Crippen LogP contribution is -2.13. The molecule has 0 aliphatic rings. The van der Waals surface area contributed by atoms with Crippen LogP contribution in [0.15, 0.2) is 22.4 Å². The molecule has 0 saturated carbocycles. The number of aromatic amines is 1. The number of aromatic carboxylic acids is 1. The smallest absolute Gasteiger partial charge is 0.354 e. The zero-order valence-electron chi connectivity index (χ0n) is 10.9. The van der Waals surface area contributed by atoms with Gasteiger partial charge >= 0.3 is 5.97 Å². The van der Waals surface area contributed by atoms with Gasteiger partial charge in [0.15, 0.2) is 0 Å². The monoisotopic (exact) mass is 314 g/mol. The summed E-state index contributed by atoms with van der Waals surface area (Å²) in [5, 5.41) is 9.03. The molecule has 8 heteroatoms. The average Bonchev–Trinajstić information content (AvgIpc) is 2.95. The molecule has 0 atom stereocenters. The van der Waals surface area contributed by atoms with E-state index in [2.05, 4.69) is 9.71 Å². The number of nitrogens with one attached hydrogen (secondary N) is 2. The maximum absolute atomic E-state index is 12.2. The van der Waals surface area contributed by atoms with E-state index in [1.807, 2.05) is 6.92 Å². The Morgan fingerprint density at radius 1 is 1.45 bits per heavy atom. The van der Waals surface area contributed by atoms with Crippen molar-refractivity contribution in [3.05, 3.63) is 34.5 Å². The van der Waals surface area contributed by atoms with Gasteiger partial charge in [-0.1, -0.05) is 6.92 Å². The van der Waals surface area contributed by atoms with Crippen LogP contribution in [0.25, 0.3) is 0 Å². The maximum Gasteiger partial charge on any atom is 0.354 e. The molecule has 0 aliphatic heterocycles. The molecule has 3 N–H and O–H groups in total. The summed E-state index contributed by atoms with van der Waals surface area (Å²) in [7, 11) is -3.76. The van der Waals surface area contributed by atoms with Crippen molar-refractivity contribution in [2.75, 3.05) is 4.72 Å². The Hall–Kier alpha value is -1.80. The van der Waals surface area contributed by atoms with Crippen molar-refractivity contribution in [2.45, 2.75) is 24.5 Å². The van der Waals surface area contributed by atoms with E-state index in [1.165, 1.54) is 23.5 Å². The van der Waals surface area contributed by atoms with Crippen molar-refractivity contribution < 1.29 is 18.3 Å². The molecule has 108 valence electrons. The lowest BCUT2D eigenvalue weighted by Gasteiger charge is -2.05. The van der Waals surface area contributed by atoms with E-state index in [9.17, 15) is 13.2 Å². The van der Waals surface area contributed by atoms with Crippen LogP contribution < -0.4 is 4.72 Å². The molecule has 0 unspecified atom stereocenters. The molecule has 0 saturated heterocycles. The molecule has 0 bridgehead atoms. The van der Waals surface area contributed by atoms with Gasteiger partial charge in [-0.3, -0.25) is 4.72 Å². The number of carboxylic acid groups (broad SMARTS) is 1. The number of sulfonamides is 1. The lowest BCUT2D eigenvalue weighted by atomic mass is 10.4. The number of carboxylic acids is 1. The minimum absolute atomic E-state index is 0.0430. The fourth-order valence-corrected chi connectivity index (χ4v) is 4.08. The van der Waals surface area contributed by atoms with Crippen molar-refractivity contribution in [1.82, 2.24) is 4.98 Å². The van der Waals surface area contributed by atoms with Gasteiger partial charge in [-0.15, -0.1) is 11.3 Å². The molecule has 0 spiro atoms. The van der Waals surface area contributed by atoms with E-state index < -0.39 is 16.0 Å². The standard InChI is InChI=1S/C12H14N2O4S2/c1-3-8-4-5-10(19-8)20(17,18)14-9-6-7(2)13-11(9)12(15)16/h4-6,13-14H,3H2,1-2H3,(H,15,16). The zero-order chi connectivity index (χ0) is 14.9. The van der Waals surface area contributed by atoms with E-state index in [0.717, 1.165) is 11.3 Å². The summed E-state index contributed by atoms with van der Waals surface area (Å²) in [5.74, 6) is -1.21. The van der Waals surface area contributed by atoms with Gasteiger partial charge in [-0.2, -0.15) is 0 Å². The van der Waals surface area contributed by atoms with Crippen LogP contribution in [0.4, 0.5) is 5.69 Å². The molecule has 2 rings (SSSR count). The largest absolute Gasteiger partial charge is 0.477 e. The Balaban J connectivity index is 2.35. The number of anilines is 1. The molecule has 0 fully saturated rings. The Kier molecular flexibility index (Phi) is 3.87. The lowest BCUT2D eigenvalue weighted by molar-refractivity contribution is 0.0692. The number of thiophene rings is 1. The second kappa shape index (κ2) is 5.29. The predicted octanol–water partition coefficient (Wildman–Crippen LogP) is 2.45. The van der Waals surface area contributed by atoms with Crippen LogP contribution in [-0.2, 0) is 16.4 Å². The summed E-state index contributed by atoms with van der Waals surface area (Å²) in [6.07, 6.45) is 0.754. The van der Waals surface area contributed by atoms with Gasteiger partial charge in [-0.05, 0) is 31.5 Å². The quantitative estimate of drug-likeness (QED) is 0.789. The number of rotatable bonds is 5. The number of aryl methyl sites for hydroxylation is 2. The van der Waals surface area contributed by atoms with Crippen LogP contribution in [0.5, 0.6) is 0 Å². The fraction of sp³-hybridized carbons (Fsp3) is 0.250. The second-order valence-corrected chi connectivity index (χ2v) is 7.30. The molecule has 0 radical (unpaired) electrons. The summed E-state index contributed by atoms with van der Waals surface area (Å²) in [4.78, 5) is 14.6. The van der Waals surface area contributed by atoms with Gasteiger partial charge in [-0.25, -0.2) is 13.2 Å². The summed E-state index contributed by atoms with van der Waals surface area (Å²) in [5.41, 5.74) is 0.445. The predicted molar refractivity (Wildman–Crippen MR) is 77.0 cm³/mol. The Bertz CT molecular complexity index is 743. The molecule has 2 aromatic heterocycles. The molecule has 0 aromatic carbocycles. The summed E-state index contributed by atoms with van der Waals surface area (Å²) in [6.45, 7) is 3.60. The van der Waals surface area contributed by atoms with Gasteiger partial charge < -0.3 is 10.1 Å². The third-order valence-corrected chi connectivity index (χ3v) is 5.75. The maximum atomic E-state index is 12.2. The highest BCUT2D eigenvalue weighted by atomic mass is 32.2. The van der Waals surface area contributed by atoms with Gasteiger partial charge in [0.2, 0.25) is 0 Å². The van der Waals surface area contributed by atoms with Crippen LogP contribution in [0.1, 0.15) is 28.0 Å². The van der Waals surface area contributed by atoms with Crippen molar-refractivity contribution >= 4 is 33.0 Å². The first-order valence-electron chi connectivity index (χ1n) is 5.88. The van der Waals surface area contributed by atoms with Crippen LogP contribution >= 0.6 is 11.3 Å². The third kappa shape index (κ3) is 2.86. The van der Waals surface area contributed by atoms with Crippen LogP contribution in [0.2, 0.25) is 0 Å². The molecule has 6 nitrogen and oxygen atoms in total. The number of aromatic nitrogens is 1. The second-order valence-electron chi connectivity index (χ2n) is 4.23. The first kappa shape index (κ1) is 14.6.